The predicted octanol–water partition coefficient (Wildman–Crippen LogP) is 3.47. The minimum absolute atomic E-state index is 0.196. The van der Waals surface area contributed by atoms with Crippen molar-refractivity contribution in [1.29, 1.82) is 0 Å². The number of amides is 2. The highest BCUT2D eigenvalue weighted by atomic mass is 32.2. The predicted molar refractivity (Wildman–Crippen MR) is 115 cm³/mol. The lowest BCUT2D eigenvalue weighted by Gasteiger charge is -2.14. The molecule has 0 spiro atoms. The average Bonchev–Trinajstić information content (AvgIpc) is 2.69. The van der Waals surface area contributed by atoms with Crippen LogP contribution in [0.4, 0.5) is 5.69 Å². The summed E-state index contributed by atoms with van der Waals surface area (Å²) < 4.78 is 5.14. The summed E-state index contributed by atoms with van der Waals surface area (Å²) in [6.45, 7) is 5.09. The highest BCUT2D eigenvalue weighted by molar-refractivity contribution is 7.99. The number of anilines is 1. The second-order valence-corrected chi connectivity index (χ2v) is 7.74. The standard InChI is InChI=1S/C22H26N2O4S/c1-15-8-7-9-16(2)21(15)24-19(25)14-23-22(27)17(3)28-20(26)12-13-29-18-10-5-4-6-11-18/h4-11,17H,12-14H2,1-3H3,(H,23,27)(H,24,25). The summed E-state index contributed by atoms with van der Waals surface area (Å²) in [5, 5.41) is 5.29. The van der Waals surface area contributed by atoms with E-state index in [0.717, 1.165) is 21.7 Å². The molecule has 0 aliphatic heterocycles. The molecule has 0 bridgehead atoms. The SMILES string of the molecule is Cc1cccc(C)c1NC(=O)CNC(=O)C(C)OC(=O)CCSc1ccccc1. The van der Waals surface area contributed by atoms with Crippen LogP contribution in [0.2, 0.25) is 0 Å². The van der Waals surface area contributed by atoms with Gasteiger partial charge in [-0.05, 0) is 44.0 Å². The van der Waals surface area contributed by atoms with Crippen molar-refractivity contribution in [2.45, 2.75) is 38.2 Å². The summed E-state index contributed by atoms with van der Waals surface area (Å²) in [4.78, 5) is 37.2. The fourth-order valence-corrected chi connectivity index (χ4v) is 3.44. The molecule has 2 aromatic rings. The molecule has 0 aliphatic rings. The van der Waals surface area contributed by atoms with Crippen molar-refractivity contribution in [3.05, 3.63) is 59.7 Å². The third-order valence-corrected chi connectivity index (χ3v) is 5.18. The molecule has 0 radical (unpaired) electrons. The minimum Gasteiger partial charge on any atom is -0.453 e. The third-order valence-electron chi connectivity index (χ3n) is 4.16. The zero-order valence-corrected chi connectivity index (χ0v) is 17.7. The molecule has 2 amide bonds. The van der Waals surface area contributed by atoms with Crippen LogP contribution in [0.3, 0.4) is 0 Å². The number of carbonyl (C=O) groups excluding carboxylic acids is 3. The maximum atomic E-state index is 12.1. The minimum atomic E-state index is -0.961. The van der Waals surface area contributed by atoms with Gasteiger partial charge in [-0.2, -0.15) is 0 Å². The van der Waals surface area contributed by atoms with Gasteiger partial charge < -0.3 is 15.4 Å². The molecule has 2 N–H and O–H groups in total. The Kier molecular flexibility index (Phi) is 8.73. The molecule has 6 nitrogen and oxygen atoms in total. The number of rotatable bonds is 9. The summed E-state index contributed by atoms with van der Waals surface area (Å²) in [7, 11) is 0. The zero-order chi connectivity index (χ0) is 21.2. The molecular weight excluding hydrogens is 388 g/mol. The summed E-state index contributed by atoms with van der Waals surface area (Å²) in [5.41, 5.74) is 2.63. The first kappa shape index (κ1) is 22.5. The van der Waals surface area contributed by atoms with Gasteiger partial charge in [0.15, 0.2) is 6.10 Å². The number of nitrogens with one attached hydrogen (secondary N) is 2. The summed E-state index contributed by atoms with van der Waals surface area (Å²) in [6.07, 6.45) is -0.762. The topological polar surface area (TPSA) is 84.5 Å². The largest absolute Gasteiger partial charge is 0.453 e. The first-order valence-corrected chi connectivity index (χ1v) is 10.4. The number of para-hydroxylation sites is 1. The van der Waals surface area contributed by atoms with Crippen LogP contribution in [-0.2, 0) is 19.1 Å². The molecule has 2 aromatic carbocycles. The molecule has 0 aliphatic carbocycles. The van der Waals surface area contributed by atoms with E-state index < -0.39 is 18.0 Å². The summed E-state index contributed by atoms with van der Waals surface area (Å²) in [5.74, 6) is -0.731. The number of carbonyl (C=O) groups is 3. The Morgan fingerprint density at radius 3 is 2.31 bits per heavy atom. The number of aryl methyl sites for hydroxylation is 2. The van der Waals surface area contributed by atoms with Crippen LogP contribution in [0.25, 0.3) is 0 Å². The van der Waals surface area contributed by atoms with Crippen molar-refractivity contribution in [2.24, 2.45) is 0 Å². The van der Waals surface area contributed by atoms with Crippen molar-refractivity contribution >= 4 is 35.2 Å². The van der Waals surface area contributed by atoms with Gasteiger partial charge in [0.1, 0.15) is 0 Å². The van der Waals surface area contributed by atoms with E-state index >= 15 is 0 Å². The van der Waals surface area contributed by atoms with E-state index in [1.54, 1.807) is 11.8 Å². The van der Waals surface area contributed by atoms with Gasteiger partial charge in [0.25, 0.3) is 5.91 Å². The fourth-order valence-electron chi connectivity index (χ4n) is 2.58. The van der Waals surface area contributed by atoms with Gasteiger partial charge in [-0.3, -0.25) is 14.4 Å². The van der Waals surface area contributed by atoms with Crippen molar-refractivity contribution in [3.63, 3.8) is 0 Å². The molecule has 0 saturated carbocycles. The quantitative estimate of drug-likeness (QED) is 0.485. The molecule has 7 heteroatoms. The van der Waals surface area contributed by atoms with E-state index in [1.807, 2.05) is 62.4 Å². The molecule has 2 rings (SSSR count). The van der Waals surface area contributed by atoms with E-state index in [1.165, 1.54) is 6.92 Å². The van der Waals surface area contributed by atoms with Crippen molar-refractivity contribution in [3.8, 4) is 0 Å². The molecule has 1 unspecified atom stereocenters. The Balaban J connectivity index is 1.70. The van der Waals surface area contributed by atoms with Crippen molar-refractivity contribution < 1.29 is 19.1 Å². The molecule has 0 fully saturated rings. The lowest BCUT2D eigenvalue weighted by Crippen LogP contribution is -2.40. The van der Waals surface area contributed by atoms with Gasteiger partial charge in [0.2, 0.25) is 5.91 Å². The molecule has 0 saturated heterocycles. The second kappa shape index (κ2) is 11.3. The Morgan fingerprint density at radius 2 is 1.66 bits per heavy atom. The van der Waals surface area contributed by atoms with Crippen LogP contribution in [0, 0.1) is 13.8 Å². The van der Waals surface area contributed by atoms with Gasteiger partial charge in [0, 0.05) is 16.3 Å². The number of esters is 1. The highest BCUT2D eigenvalue weighted by Gasteiger charge is 2.18. The number of hydrogen-bond donors (Lipinski definition) is 2. The first-order valence-electron chi connectivity index (χ1n) is 9.38. The van der Waals surface area contributed by atoms with Crippen molar-refractivity contribution in [2.75, 3.05) is 17.6 Å². The lowest BCUT2D eigenvalue weighted by atomic mass is 10.1. The Labute approximate surface area is 175 Å². The highest BCUT2D eigenvalue weighted by Crippen LogP contribution is 2.19. The molecule has 1 atom stereocenters. The van der Waals surface area contributed by atoms with Gasteiger partial charge in [-0.15, -0.1) is 11.8 Å². The summed E-state index contributed by atoms with van der Waals surface area (Å²) >= 11 is 1.55. The third kappa shape index (κ3) is 7.62. The van der Waals surface area contributed by atoms with E-state index in [9.17, 15) is 14.4 Å². The van der Waals surface area contributed by atoms with E-state index in [-0.39, 0.29) is 18.9 Å². The smallest absolute Gasteiger partial charge is 0.307 e. The number of ether oxygens (including phenoxy) is 1. The number of hydrogen-bond acceptors (Lipinski definition) is 5. The monoisotopic (exact) mass is 414 g/mol. The van der Waals surface area contributed by atoms with Crippen LogP contribution in [-0.4, -0.2) is 36.2 Å². The van der Waals surface area contributed by atoms with E-state index in [0.29, 0.717) is 5.75 Å². The maximum absolute atomic E-state index is 12.1. The maximum Gasteiger partial charge on any atom is 0.307 e. The second-order valence-electron chi connectivity index (χ2n) is 6.58. The van der Waals surface area contributed by atoms with Gasteiger partial charge in [0.05, 0.1) is 13.0 Å². The van der Waals surface area contributed by atoms with Crippen molar-refractivity contribution in [1.82, 2.24) is 5.32 Å². The Bertz CT molecular complexity index is 835. The fraction of sp³-hybridized carbons (Fsp3) is 0.318. The van der Waals surface area contributed by atoms with Crippen LogP contribution in [0.5, 0.6) is 0 Å². The van der Waals surface area contributed by atoms with Crippen LogP contribution >= 0.6 is 11.8 Å². The Hall–Kier alpha value is -2.80. The van der Waals surface area contributed by atoms with Crippen LogP contribution in [0.15, 0.2) is 53.4 Å². The van der Waals surface area contributed by atoms with E-state index in [2.05, 4.69) is 10.6 Å². The van der Waals surface area contributed by atoms with Gasteiger partial charge >= 0.3 is 5.97 Å². The number of benzene rings is 2. The molecule has 0 aromatic heterocycles. The van der Waals surface area contributed by atoms with E-state index in [4.69, 9.17) is 4.74 Å². The average molecular weight is 415 g/mol. The van der Waals surface area contributed by atoms with Gasteiger partial charge in [-0.25, -0.2) is 0 Å². The normalized spacial score (nSPS) is 11.4. The first-order chi connectivity index (χ1) is 13.9. The summed E-state index contributed by atoms with van der Waals surface area (Å²) in [6, 6.07) is 15.5. The zero-order valence-electron chi connectivity index (χ0n) is 16.9. The molecule has 29 heavy (non-hydrogen) atoms. The lowest BCUT2D eigenvalue weighted by molar-refractivity contribution is -0.154. The van der Waals surface area contributed by atoms with Crippen LogP contribution in [0.1, 0.15) is 24.5 Å². The molecule has 154 valence electrons. The Morgan fingerprint density at radius 1 is 1.00 bits per heavy atom. The van der Waals surface area contributed by atoms with Crippen LogP contribution < -0.4 is 10.6 Å². The molecule has 0 heterocycles. The number of thioether (sulfide) groups is 1. The van der Waals surface area contributed by atoms with Gasteiger partial charge in [-0.1, -0.05) is 36.4 Å². The molecular formula is C22H26N2O4S.